The van der Waals surface area contributed by atoms with Gasteiger partial charge in [0.25, 0.3) is 0 Å². The number of aromatic nitrogens is 2. The molecule has 9 heteroatoms. The number of aliphatic carboxylic acids is 1. The zero-order valence-electron chi connectivity index (χ0n) is 19.0. The largest absolute Gasteiger partial charge is 0.503 e. The number of carbonyl (C=O) groups is 2. The van der Waals surface area contributed by atoms with Gasteiger partial charge in [-0.05, 0) is 36.6 Å². The summed E-state index contributed by atoms with van der Waals surface area (Å²) in [7, 11) is 2.71. The Kier molecular flexibility index (Phi) is 8.17. The van der Waals surface area contributed by atoms with Gasteiger partial charge in [0.1, 0.15) is 23.4 Å². The van der Waals surface area contributed by atoms with Gasteiger partial charge in [0, 0.05) is 12.0 Å². The van der Waals surface area contributed by atoms with E-state index in [2.05, 4.69) is 9.97 Å². The standard InChI is InChI=1S/C25H24N2O7/c1-16-12-17(9-11-24(28)29)8-10-20(16)33-22-13-23(27-15-26-22)34-21-7-5-4-6-18(21)19(14-31-2)25(30)32-3/h4-8,10,12-15H,9,11H2,1-3H3,(H,28,29)/b19-14+. The highest BCUT2D eigenvalue weighted by atomic mass is 16.5. The van der Waals surface area contributed by atoms with E-state index < -0.39 is 11.9 Å². The van der Waals surface area contributed by atoms with E-state index in [1.165, 1.54) is 32.9 Å². The molecule has 0 aliphatic carbocycles. The van der Waals surface area contributed by atoms with Crippen LogP contribution in [0.5, 0.6) is 23.3 Å². The van der Waals surface area contributed by atoms with Crippen LogP contribution in [-0.2, 0) is 25.5 Å². The second-order valence-electron chi connectivity index (χ2n) is 7.15. The number of hydrogen-bond acceptors (Lipinski definition) is 8. The SMILES string of the molecule is CO/C=C(/C(=O)OC)c1ccccc1Oc1cc(Oc2ccc(CCC(=O)O)cc2C)ncn1. The van der Waals surface area contributed by atoms with Crippen molar-refractivity contribution in [2.45, 2.75) is 19.8 Å². The van der Waals surface area contributed by atoms with Crippen molar-refractivity contribution < 1.29 is 33.6 Å². The quantitative estimate of drug-likeness (QED) is 0.262. The Hall–Kier alpha value is -4.40. The normalized spacial score (nSPS) is 11.0. The summed E-state index contributed by atoms with van der Waals surface area (Å²) in [6.45, 7) is 1.87. The first kappa shape index (κ1) is 24.2. The average Bonchev–Trinajstić information content (AvgIpc) is 2.83. The van der Waals surface area contributed by atoms with Crippen molar-refractivity contribution in [3.63, 3.8) is 0 Å². The van der Waals surface area contributed by atoms with Gasteiger partial charge < -0.3 is 24.1 Å². The number of ether oxygens (including phenoxy) is 4. The van der Waals surface area contributed by atoms with Gasteiger partial charge in [-0.25, -0.2) is 14.8 Å². The van der Waals surface area contributed by atoms with Crippen LogP contribution in [0.1, 0.15) is 23.1 Å². The minimum atomic E-state index is -0.843. The molecule has 0 fully saturated rings. The van der Waals surface area contributed by atoms with Gasteiger partial charge in [0.05, 0.1) is 26.5 Å². The van der Waals surface area contributed by atoms with Gasteiger partial charge in [0.15, 0.2) is 0 Å². The fraction of sp³-hybridized carbons (Fsp3) is 0.200. The van der Waals surface area contributed by atoms with Crippen molar-refractivity contribution in [2.24, 2.45) is 0 Å². The van der Waals surface area contributed by atoms with Crippen molar-refractivity contribution in [2.75, 3.05) is 14.2 Å². The summed E-state index contributed by atoms with van der Waals surface area (Å²) < 4.78 is 21.7. The number of methoxy groups -OCH3 is 2. The predicted octanol–water partition coefficient (Wildman–Crippen LogP) is 4.55. The lowest BCUT2D eigenvalue weighted by molar-refractivity contribution is -0.137. The monoisotopic (exact) mass is 464 g/mol. The highest BCUT2D eigenvalue weighted by molar-refractivity contribution is 6.17. The Morgan fingerprint density at radius 2 is 1.68 bits per heavy atom. The molecular weight excluding hydrogens is 440 g/mol. The number of para-hydroxylation sites is 1. The molecule has 0 spiro atoms. The highest BCUT2D eigenvalue weighted by Crippen LogP contribution is 2.32. The van der Waals surface area contributed by atoms with Crippen LogP contribution >= 0.6 is 0 Å². The Labute approximate surface area is 196 Å². The smallest absolute Gasteiger partial charge is 0.341 e. The second kappa shape index (κ2) is 11.5. The molecule has 0 amide bonds. The van der Waals surface area contributed by atoms with E-state index >= 15 is 0 Å². The molecular formula is C25H24N2O7. The topological polar surface area (TPSA) is 117 Å². The number of hydrogen-bond donors (Lipinski definition) is 1. The summed E-state index contributed by atoms with van der Waals surface area (Å²) >= 11 is 0. The molecule has 1 N–H and O–H groups in total. The van der Waals surface area contributed by atoms with Crippen LogP contribution < -0.4 is 9.47 Å². The summed E-state index contributed by atoms with van der Waals surface area (Å²) in [5, 5.41) is 8.86. The van der Waals surface area contributed by atoms with Gasteiger partial charge >= 0.3 is 11.9 Å². The first-order chi connectivity index (χ1) is 16.4. The molecule has 0 unspecified atom stereocenters. The first-order valence-corrected chi connectivity index (χ1v) is 10.3. The second-order valence-corrected chi connectivity index (χ2v) is 7.15. The molecule has 3 aromatic rings. The molecule has 2 aromatic carbocycles. The van der Waals surface area contributed by atoms with E-state index in [1.54, 1.807) is 30.3 Å². The minimum Gasteiger partial charge on any atom is -0.503 e. The lowest BCUT2D eigenvalue weighted by Crippen LogP contribution is -2.06. The molecule has 1 heterocycles. The van der Waals surface area contributed by atoms with E-state index in [1.807, 2.05) is 19.1 Å². The maximum absolute atomic E-state index is 12.2. The third kappa shape index (κ3) is 6.32. The number of rotatable bonds is 10. The van der Waals surface area contributed by atoms with Crippen LogP contribution in [0.4, 0.5) is 0 Å². The molecule has 9 nitrogen and oxygen atoms in total. The molecule has 0 saturated heterocycles. The van der Waals surface area contributed by atoms with E-state index in [4.69, 9.17) is 24.1 Å². The zero-order valence-corrected chi connectivity index (χ0v) is 19.0. The number of carbonyl (C=O) groups excluding carboxylic acids is 1. The van der Waals surface area contributed by atoms with Crippen molar-refractivity contribution in [3.8, 4) is 23.3 Å². The van der Waals surface area contributed by atoms with Crippen molar-refractivity contribution in [1.29, 1.82) is 0 Å². The number of esters is 1. The highest BCUT2D eigenvalue weighted by Gasteiger charge is 2.18. The van der Waals surface area contributed by atoms with Gasteiger partial charge in [0.2, 0.25) is 11.8 Å². The maximum atomic E-state index is 12.2. The summed E-state index contributed by atoms with van der Waals surface area (Å²) in [5.41, 5.74) is 2.39. The number of aryl methyl sites for hydroxylation is 2. The van der Waals surface area contributed by atoms with E-state index in [0.29, 0.717) is 23.5 Å². The van der Waals surface area contributed by atoms with E-state index in [9.17, 15) is 9.59 Å². The number of nitrogens with zero attached hydrogens (tertiary/aromatic N) is 2. The molecule has 0 aliphatic rings. The lowest BCUT2D eigenvalue weighted by Gasteiger charge is -2.13. The van der Waals surface area contributed by atoms with Gasteiger partial charge in [-0.1, -0.05) is 30.3 Å². The van der Waals surface area contributed by atoms with Crippen LogP contribution in [0.25, 0.3) is 5.57 Å². The van der Waals surface area contributed by atoms with Gasteiger partial charge in [-0.2, -0.15) is 0 Å². The summed E-state index contributed by atoms with van der Waals surface area (Å²) in [6, 6.07) is 13.9. The molecule has 0 aliphatic heterocycles. The molecule has 176 valence electrons. The van der Waals surface area contributed by atoms with Gasteiger partial charge in [-0.15, -0.1) is 0 Å². The zero-order chi connectivity index (χ0) is 24.5. The third-order valence-corrected chi connectivity index (χ3v) is 4.73. The van der Waals surface area contributed by atoms with E-state index in [0.717, 1.165) is 11.1 Å². The van der Waals surface area contributed by atoms with Crippen LogP contribution in [0.2, 0.25) is 0 Å². The van der Waals surface area contributed by atoms with Crippen molar-refractivity contribution in [3.05, 3.63) is 77.8 Å². The van der Waals surface area contributed by atoms with Gasteiger partial charge in [-0.3, -0.25) is 4.79 Å². The number of carboxylic acid groups (broad SMARTS) is 1. The molecule has 0 saturated carbocycles. The Morgan fingerprint density at radius 3 is 2.32 bits per heavy atom. The summed E-state index contributed by atoms with van der Waals surface area (Å²) in [4.78, 5) is 31.2. The third-order valence-electron chi connectivity index (χ3n) is 4.73. The van der Waals surface area contributed by atoms with Crippen LogP contribution in [0.15, 0.2) is 61.1 Å². The molecule has 0 radical (unpaired) electrons. The molecule has 1 aromatic heterocycles. The molecule has 0 atom stereocenters. The Morgan fingerprint density at radius 1 is 0.971 bits per heavy atom. The molecule has 0 bridgehead atoms. The Bertz CT molecular complexity index is 1210. The maximum Gasteiger partial charge on any atom is 0.341 e. The lowest BCUT2D eigenvalue weighted by atomic mass is 10.1. The van der Waals surface area contributed by atoms with E-state index in [-0.39, 0.29) is 23.8 Å². The minimum absolute atomic E-state index is 0.0605. The van der Waals surface area contributed by atoms with Crippen LogP contribution in [-0.4, -0.2) is 41.2 Å². The number of benzene rings is 2. The van der Waals surface area contributed by atoms with Crippen molar-refractivity contribution in [1.82, 2.24) is 9.97 Å². The van der Waals surface area contributed by atoms with Crippen molar-refractivity contribution >= 4 is 17.5 Å². The molecule has 34 heavy (non-hydrogen) atoms. The molecule has 3 rings (SSSR count). The number of carboxylic acids is 1. The first-order valence-electron chi connectivity index (χ1n) is 10.3. The average molecular weight is 464 g/mol. The fourth-order valence-electron chi connectivity index (χ4n) is 3.12. The predicted molar refractivity (Wildman–Crippen MR) is 123 cm³/mol. The van der Waals surface area contributed by atoms with Crippen LogP contribution in [0, 0.1) is 6.92 Å². The summed E-state index contributed by atoms with van der Waals surface area (Å²) in [5.74, 6) is -0.0318. The summed E-state index contributed by atoms with van der Waals surface area (Å²) in [6.07, 6.45) is 3.08. The Balaban J connectivity index is 1.81. The fourth-order valence-corrected chi connectivity index (χ4v) is 3.12. The van der Waals surface area contributed by atoms with Crippen LogP contribution in [0.3, 0.4) is 0 Å².